The maximum atomic E-state index is 6.39. The fraction of sp³-hybridized carbons (Fsp3) is 0.875. The molecule has 20 heavy (non-hydrogen) atoms. The Balaban J connectivity index is 1.63. The van der Waals surface area contributed by atoms with Gasteiger partial charge in [0.05, 0.1) is 5.54 Å². The first-order valence-corrected chi connectivity index (χ1v) is 8.34. The second-order valence-electron chi connectivity index (χ2n) is 6.83. The maximum absolute atomic E-state index is 6.39. The third-order valence-corrected chi connectivity index (χ3v) is 5.27. The minimum Gasteiger partial charge on any atom is -0.337 e. The second-order valence-corrected chi connectivity index (χ2v) is 6.83. The second kappa shape index (κ2) is 5.84. The monoisotopic (exact) mass is 277 g/mol. The first-order valence-electron chi connectivity index (χ1n) is 8.34. The molecule has 0 spiro atoms. The van der Waals surface area contributed by atoms with Crippen LogP contribution in [0.15, 0.2) is 4.52 Å². The molecule has 0 bridgehead atoms. The highest BCUT2D eigenvalue weighted by Gasteiger charge is 2.37. The van der Waals surface area contributed by atoms with Crippen LogP contribution in [-0.4, -0.2) is 10.1 Å². The van der Waals surface area contributed by atoms with E-state index in [1.807, 2.05) is 0 Å². The molecule has 1 heterocycles. The first-order chi connectivity index (χ1) is 9.71. The molecular weight excluding hydrogens is 250 g/mol. The van der Waals surface area contributed by atoms with E-state index in [1.165, 1.54) is 51.4 Å². The Labute approximate surface area is 121 Å². The van der Waals surface area contributed by atoms with Crippen molar-refractivity contribution in [1.29, 1.82) is 0 Å². The zero-order valence-electron chi connectivity index (χ0n) is 12.6. The van der Waals surface area contributed by atoms with Crippen LogP contribution in [0.5, 0.6) is 0 Å². The van der Waals surface area contributed by atoms with Gasteiger partial charge in [-0.05, 0) is 44.4 Å². The molecule has 2 saturated carbocycles. The van der Waals surface area contributed by atoms with E-state index < -0.39 is 0 Å². The van der Waals surface area contributed by atoms with Crippen LogP contribution < -0.4 is 5.73 Å². The average molecular weight is 277 g/mol. The summed E-state index contributed by atoms with van der Waals surface area (Å²) in [7, 11) is 0. The van der Waals surface area contributed by atoms with Crippen molar-refractivity contribution in [1.82, 2.24) is 10.1 Å². The molecule has 112 valence electrons. The van der Waals surface area contributed by atoms with Gasteiger partial charge in [0.1, 0.15) is 0 Å². The Morgan fingerprint density at radius 3 is 2.55 bits per heavy atom. The molecule has 1 aromatic rings. The fourth-order valence-electron chi connectivity index (χ4n) is 3.94. The molecule has 0 aliphatic heterocycles. The summed E-state index contributed by atoms with van der Waals surface area (Å²) in [4.78, 5) is 4.66. The van der Waals surface area contributed by atoms with Gasteiger partial charge in [-0.25, -0.2) is 0 Å². The van der Waals surface area contributed by atoms with Crippen LogP contribution in [-0.2, 0) is 5.54 Å². The lowest BCUT2D eigenvalue weighted by atomic mass is 9.80. The summed E-state index contributed by atoms with van der Waals surface area (Å²) in [6.45, 7) is 2.28. The van der Waals surface area contributed by atoms with Crippen molar-refractivity contribution in [3.8, 4) is 0 Å². The number of nitrogens with two attached hydrogens (primary N) is 1. The van der Waals surface area contributed by atoms with Crippen molar-refractivity contribution in [3.63, 3.8) is 0 Å². The van der Waals surface area contributed by atoms with Crippen molar-refractivity contribution >= 4 is 0 Å². The van der Waals surface area contributed by atoms with Gasteiger partial charge >= 0.3 is 0 Å². The third kappa shape index (κ3) is 2.76. The van der Waals surface area contributed by atoms with Crippen molar-refractivity contribution < 1.29 is 4.52 Å². The standard InChI is InChI=1S/C16H27N3O/c1-2-5-12-6-8-13(9-7-12)14-18-15(20-19-14)16(17)10-3-4-11-16/h12-13H,2-11,17H2,1H3. The smallest absolute Gasteiger partial charge is 0.246 e. The quantitative estimate of drug-likeness (QED) is 0.907. The van der Waals surface area contributed by atoms with Crippen LogP contribution in [0.3, 0.4) is 0 Å². The molecule has 0 radical (unpaired) electrons. The molecule has 2 aliphatic rings. The molecule has 4 nitrogen and oxygen atoms in total. The maximum Gasteiger partial charge on any atom is 0.246 e. The van der Waals surface area contributed by atoms with Crippen LogP contribution in [0.1, 0.15) is 88.8 Å². The molecule has 3 rings (SSSR count). The largest absolute Gasteiger partial charge is 0.337 e. The molecular formula is C16H27N3O. The van der Waals surface area contributed by atoms with Gasteiger partial charge in [0.2, 0.25) is 5.89 Å². The lowest BCUT2D eigenvalue weighted by Gasteiger charge is -2.26. The molecule has 1 aromatic heterocycles. The Bertz CT molecular complexity index is 429. The SMILES string of the molecule is CCCC1CCC(c2noc(C3(N)CCCC3)n2)CC1. The van der Waals surface area contributed by atoms with E-state index in [4.69, 9.17) is 10.3 Å². The van der Waals surface area contributed by atoms with Gasteiger partial charge in [-0.3, -0.25) is 0 Å². The molecule has 2 fully saturated rings. The highest BCUT2D eigenvalue weighted by Crippen LogP contribution is 2.39. The number of hydrogen-bond acceptors (Lipinski definition) is 4. The highest BCUT2D eigenvalue weighted by atomic mass is 16.5. The third-order valence-electron chi connectivity index (χ3n) is 5.27. The summed E-state index contributed by atoms with van der Waals surface area (Å²) in [5.41, 5.74) is 6.05. The summed E-state index contributed by atoms with van der Waals surface area (Å²) in [6, 6.07) is 0. The predicted molar refractivity (Wildman–Crippen MR) is 78.2 cm³/mol. The van der Waals surface area contributed by atoms with Crippen molar-refractivity contribution in [2.75, 3.05) is 0 Å². The Morgan fingerprint density at radius 1 is 1.20 bits per heavy atom. The van der Waals surface area contributed by atoms with E-state index >= 15 is 0 Å². The highest BCUT2D eigenvalue weighted by molar-refractivity contribution is 5.07. The van der Waals surface area contributed by atoms with E-state index in [1.54, 1.807) is 0 Å². The van der Waals surface area contributed by atoms with Gasteiger partial charge < -0.3 is 10.3 Å². The van der Waals surface area contributed by atoms with Gasteiger partial charge in [-0.15, -0.1) is 0 Å². The molecule has 0 saturated heterocycles. The molecule has 0 atom stereocenters. The molecule has 0 aromatic carbocycles. The van der Waals surface area contributed by atoms with E-state index in [0.717, 1.165) is 24.6 Å². The normalized spacial score (nSPS) is 29.7. The molecule has 0 unspecified atom stereocenters. The van der Waals surface area contributed by atoms with Gasteiger partial charge in [0.25, 0.3) is 0 Å². The van der Waals surface area contributed by atoms with Gasteiger partial charge in [-0.1, -0.05) is 37.8 Å². The Kier molecular flexibility index (Phi) is 4.11. The van der Waals surface area contributed by atoms with Gasteiger partial charge in [0.15, 0.2) is 5.82 Å². The zero-order valence-corrected chi connectivity index (χ0v) is 12.6. The van der Waals surface area contributed by atoms with Gasteiger partial charge in [0, 0.05) is 5.92 Å². The number of aromatic nitrogens is 2. The Hall–Kier alpha value is -0.900. The Morgan fingerprint density at radius 2 is 1.90 bits per heavy atom. The van der Waals surface area contributed by atoms with E-state index in [0.29, 0.717) is 11.8 Å². The van der Waals surface area contributed by atoms with Crippen LogP contribution >= 0.6 is 0 Å². The van der Waals surface area contributed by atoms with E-state index in [9.17, 15) is 0 Å². The van der Waals surface area contributed by atoms with Crippen LogP contribution in [0.25, 0.3) is 0 Å². The summed E-state index contributed by atoms with van der Waals surface area (Å²) in [6.07, 6.45) is 12.0. The summed E-state index contributed by atoms with van der Waals surface area (Å²) >= 11 is 0. The molecule has 4 heteroatoms. The predicted octanol–water partition coefficient (Wildman–Crippen LogP) is 3.87. The molecule has 2 aliphatic carbocycles. The number of nitrogens with zero attached hydrogens (tertiary/aromatic N) is 2. The minimum absolute atomic E-state index is 0.343. The van der Waals surface area contributed by atoms with Crippen LogP contribution in [0.2, 0.25) is 0 Å². The average Bonchev–Trinajstić information content (AvgIpc) is 3.10. The lowest BCUT2D eigenvalue weighted by molar-refractivity contribution is 0.275. The topological polar surface area (TPSA) is 64.9 Å². The van der Waals surface area contributed by atoms with Crippen LogP contribution in [0.4, 0.5) is 0 Å². The zero-order chi connectivity index (χ0) is 14.0. The van der Waals surface area contributed by atoms with Gasteiger partial charge in [-0.2, -0.15) is 4.98 Å². The minimum atomic E-state index is -0.343. The molecule has 2 N–H and O–H groups in total. The van der Waals surface area contributed by atoms with Crippen molar-refractivity contribution in [3.05, 3.63) is 11.7 Å². The number of rotatable bonds is 4. The van der Waals surface area contributed by atoms with E-state index in [-0.39, 0.29) is 5.54 Å². The van der Waals surface area contributed by atoms with E-state index in [2.05, 4.69) is 17.1 Å². The summed E-state index contributed by atoms with van der Waals surface area (Å²) in [5.74, 6) is 3.00. The van der Waals surface area contributed by atoms with Crippen LogP contribution in [0, 0.1) is 5.92 Å². The fourth-order valence-corrected chi connectivity index (χ4v) is 3.94. The van der Waals surface area contributed by atoms with Crippen molar-refractivity contribution in [2.24, 2.45) is 11.7 Å². The summed E-state index contributed by atoms with van der Waals surface area (Å²) in [5, 5.41) is 4.23. The first kappa shape index (κ1) is 14.1. The number of hydrogen-bond donors (Lipinski definition) is 1. The summed E-state index contributed by atoms with van der Waals surface area (Å²) < 4.78 is 5.49. The van der Waals surface area contributed by atoms with Crippen molar-refractivity contribution in [2.45, 2.75) is 82.6 Å². The lowest BCUT2D eigenvalue weighted by Crippen LogP contribution is -2.33. The molecule has 0 amide bonds.